The summed E-state index contributed by atoms with van der Waals surface area (Å²) in [6.45, 7) is 7.71. The number of allylic oxidation sites excluding steroid dienone is 7. The highest BCUT2D eigenvalue weighted by molar-refractivity contribution is 5.98. The van der Waals surface area contributed by atoms with Crippen LogP contribution in [0, 0.1) is 0 Å². The maximum absolute atomic E-state index is 11.3. The Balaban J connectivity index is 0.000000441. The molecule has 0 fully saturated rings. The molecule has 0 radical (unpaired) electrons. The molecule has 0 spiro atoms. The average molecular weight is 332 g/mol. The van der Waals surface area contributed by atoms with Crippen LogP contribution in [0.25, 0.3) is 0 Å². The Morgan fingerprint density at radius 1 is 1.12 bits per heavy atom. The molecule has 0 aromatic carbocycles. The Bertz CT molecular complexity index is 493. The van der Waals surface area contributed by atoms with Crippen LogP contribution in [0.15, 0.2) is 47.8 Å². The molecule has 0 N–H and O–H groups in total. The van der Waals surface area contributed by atoms with E-state index in [4.69, 9.17) is 0 Å². The fourth-order valence-electron chi connectivity index (χ4n) is 2.17. The summed E-state index contributed by atoms with van der Waals surface area (Å²) in [6, 6.07) is 0. The molecule has 0 saturated carbocycles. The van der Waals surface area contributed by atoms with Crippen LogP contribution in [0.5, 0.6) is 0 Å². The lowest BCUT2D eigenvalue weighted by atomic mass is 10.1. The van der Waals surface area contributed by atoms with Crippen molar-refractivity contribution in [2.75, 3.05) is 0 Å². The first-order valence-corrected chi connectivity index (χ1v) is 8.88. The van der Waals surface area contributed by atoms with Gasteiger partial charge in [0.2, 0.25) is 0 Å². The zero-order valence-corrected chi connectivity index (χ0v) is 15.6. The third-order valence-corrected chi connectivity index (χ3v) is 3.59. The van der Waals surface area contributed by atoms with Crippen LogP contribution in [0.1, 0.15) is 72.6 Å². The highest BCUT2D eigenvalue weighted by atomic mass is 16.5. The van der Waals surface area contributed by atoms with Gasteiger partial charge >= 0.3 is 5.97 Å². The summed E-state index contributed by atoms with van der Waals surface area (Å²) in [5.41, 5.74) is 2.35. The van der Waals surface area contributed by atoms with Crippen LogP contribution >= 0.6 is 0 Å². The molecule has 0 atom stereocenters. The molecular formula is C21H32O3. The molecule has 24 heavy (non-hydrogen) atoms. The summed E-state index contributed by atoms with van der Waals surface area (Å²) in [5.74, 6) is 0.0708. The number of hydrogen-bond acceptors (Lipinski definition) is 3. The van der Waals surface area contributed by atoms with E-state index in [0.29, 0.717) is 5.78 Å². The number of rotatable bonds is 8. The first kappa shape index (κ1) is 22.1. The third kappa shape index (κ3) is 11.6. The molecular weight excluding hydrogens is 300 g/mol. The van der Waals surface area contributed by atoms with Gasteiger partial charge in [-0.1, -0.05) is 56.6 Å². The predicted molar refractivity (Wildman–Crippen MR) is 101 cm³/mol. The Labute approximate surface area is 147 Å². The molecule has 3 nitrogen and oxygen atoms in total. The largest absolute Gasteiger partial charge is 0.435 e. The molecule has 1 rings (SSSR count). The number of ketones is 1. The molecule has 0 unspecified atom stereocenters. The van der Waals surface area contributed by atoms with Gasteiger partial charge in [-0.15, -0.1) is 0 Å². The molecule has 0 aromatic heterocycles. The number of esters is 1. The Morgan fingerprint density at radius 2 is 1.88 bits per heavy atom. The number of carbonyl (C=O) groups is 2. The first-order valence-electron chi connectivity index (χ1n) is 8.88. The highest BCUT2D eigenvalue weighted by Crippen LogP contribution is 2.24. The van der Waals surface area contributed by atoms with Crippen LogP contribution in [0.3, 0.4) is 0 Å². The minimum atomic E-state index is -0.284. The van der Waals surface area contributed by atoms with Gasteiger partial charge < -0.3 is 4.74 Å². The lowest BCUT2D eigenvalue weighted by molar-refractivity contribution is -0.135. The molecule has 0 saturated heterocycles. The standard InChI is InChI=1S/C11H16O.C10H16O2/c1-3-4-5-6-10-9(2)7-8-11(10)12;1-3-4-5-6-7-8-9-12-10(2)11/h4-5H,3,6-8H2,1-2H3;6-9H,3-5H2,1-2H3/b5-4+;7-6+,9-8+. The van der Waals surface area contributed by atoms with E-state index in [2.05, 4.69) is 43.7 Å². The molecule has 0 amide bonds. The SMILES string of the molecule is CC/C=C/CC1=C(C)CCC1=O.CCCC/C=C/C=C/OC(C)=O. The molecule has 1 aliphatic carbocycles. The minimum absolute atomic E-state index is 0.284. The van der Waals surface area contributed by atoms with Gasteiger partial charge in [-0.05, 0) is 44.3 Å². The maximum Gasteiger partial charge on any atom is 0.307 e. The van der Waals surface area contributed by atoms with Gasteiger partial charge in [0.05, 0.1) is 6.26 Å². The average Bonchev–Trinajstić information content (AvgIpc) is 2.86. The van der Waals surface area contributed by atoms with Gasteiger partial charge in [0, 0.05) is 13.3 Å². The topological polar surface area (TPSA) is 43.4 Å². The van der Waals surface area contributed by atoms with Gasteiger partial charge in [-0.25, -0.2) is 0 Å². The van der Waals surface area contributed by atoms with E-state index in [1.54, 1.807) is 6.08 Å². The zero-order chi connectivity index (χ0) is 18.2. The van der Waals surface area contributed by atoms with E-state index in [1.165, 1.54) is 31.6 Å². The van der Waals surface area contributed by atoms with Gasteiger partial charge in [0.25, 0.3) is 0 Å². The summed E-state index contributed by atoms with van der Waals surface area (Å²) in [6.07, 6.45) is 18.4. The number of unbranched alkanes of at least 4 members (excludes halogenated alkanes) is 2. The van der Waals surface area contributed by atoms with Crippen LogP contribution < -0.4 is 0 Å². The van der Waals surface area contributed by atoms with Crippen molar-refractivity contribution in [2.45, 2.75) is 72.6 Å². The first-order chi connectivity index (χ1) is 11.5. The second-order valence-electron chi connectivity index (χ2n) is 5.77. The van der Waals surface area contributed by atoms with E-state index in [1.807, 2.05) is 6.08 Å². The van der Waals surface area contributed by atoms with Crippen molar-refractivity contribution in [1.82, 2.24) is 0 Å². The molecule has 1 aliphatic rings. The van der Waals surface area contributed by atoms with Crippen LogP contribution in [-0.4, -0.2) is 11.8 Å². The van der Waals surface area contributed by atoms with E-state index >= 15 is 0 Å². The van der Waals surface area contributed by atoms with Crippen molar-refractivity contribution in [3.8, 4) is 0 Å². The second-order valence-corrected chi connectivity index (χ2v) is 5.77. The van der Waals surface area contributed by atoms with Gasteiger partial charge in [0.1, 0.15) is 0 Å². The van der Waals surface area contributed by atoms with Crippen molar-refractivity contribution in [1.29, 1.82) is 0 Å². The van der Waals surface area contributed by atoms with Gasteiger partial charge in [0.15, 0.2) is 5.78 Å². The summed E-state index contributed by atoms with van der Waals surface area (Å²) in [4.78, 5) is 21.6. The highest BCUT2D eigenvalue weighted by Gasteiger charge is 2.17. The summed E-state index contributed by atoms with van der Waals surface area (Å²) < 4.78 is 4.58. The summed E-state index contributed by atoms with van der Waals surface area (Å²) in [5, 5.41) is 0. The number of hydrogen-bond donors (Lipinski definition) is 0. The second kappa shape index (κ2) is 14.7. The zero-order valence-electron chi connectivity index (χ0n) is 15.6. The van der Waals surface area contributed by atoms with Crippen LogP contribution in [0.4, 0.5) is 0 Å². The lowest BCUT2D eigenvalue weighted by Crippen LogP contribution is -1.94. The quantitative estimate of drug-likeness (QED) is 0.185. The van der Waals surface area contributed by atoms with Gasteiger partial charge in [-0.3, -0.25) is 9.59 Å². The fraction of sp³-hybridized carbons (Fsp3) is 0.524. The normalized spacial score (nSPS) is 14.8. The Kier molecular flexibility index (Phi) is 13.5. The molecule has 0 heterocycles. The Morgan fingerprint density at radius 3 is 2.42 bits per heavy atom. The third-order valence-electron chi connectivity index (χ3n) is 3.59. The van der Waals surface area contributed by atoms with Crippen molar-refractivity contribution >= 4 is 11.8 Å². The molecule has 0 aromatic rings. The fourth-order valence-corrected chi connectivity index (χ4v) is 2.17. The maximum atomic E-state index is 11.3. The Hall–Kier alpha value is -1.90. The molecule has 3 heteroatoms. The van der Waals surface area contributed by atoms with E-state index in [-0.39, 0.29) is 5.97 Å². The van der Waals surface area contributed by atoms with E-state index < -0.39 is 0 Å². The summed E-state index contributed by atoms with van der Waals surface area (Å²) >= 11 is 0. The van der Waals surface area contributed by atoms with Crippen molar-refractivity contribution in [3.05, 3.63) is 47.8 Å². The number of carbonyl (C=O) groups excluding carboxylic acids is 2. The van der Waals surface area contributed by atoms with Crippen molar-refractivity contribution in [3.63, 3.8) is 0 Å². The van der Waals surface area contributed by atoms with Crippen molar-refractivity contribution in [2.24, 2.45) is 0 Å². The number of ether oxygens (including phenoxy) is 1. The molecule has 0 aliphatic heterocycles. The molecule has 0 bridgehead atoms. The molecule has 134 valence electrons. The van der Waals surface area contributed by atoms with Crippen molar-refractivity contribution < 1.29 is 14.3 Å². The summed E-state index contributed by atoms with van der Waals surface area (Å²) in [7, 11) is 0. The lowest BCUT2D eigenvalue weighted by Gasteiger charge is -1.96. The van der Waals surface area contributed by atoms with E-state index in [9.17, 15) is 9.59 Å². The minimum Gasteiger partial charge on any atom is -0.435 e. The van der Waals surface area contributed by atoms with E-state index in [0.717, 1.165) is 37.7 Å². The van der Waals surface area contributed by atoms with Gasteiger partial charge in [-0.2, -0.15) is 0 Å². The monoisotopic (exact) mass is 332 g/mol. The van der Waals surface area contributed by atoms with Crippen LogP contribution in [0.2, 0.25) is 0 Å². The predicted octanol–water partition coefficient (Wildman–Crippen LogP) is 5.83. The number of Topliss-reactive ketones (excluding diaryl/α,β-unsaturated/α-hetero) is 1. The smallest absolute Gasteiger partial charge is 0.307 e. The van der Waals surface area contributed by atoms with Crippen LogP contribution in [-0.2, 0) is 14.3 Å².